The largest absolute Gasteiger partial charge is 0.469 e. The summed E-state index contributed by atoms with van der Waals surface area (Å²) in [5.41, 5.74) is 4.75. The lowest BCUT2D eigenvalue weighted by Gasteiger charge is -2.38. The van der Waals surface area contributed by atoms with Crippen molar-refractivity contribution in [2.24, 2.45) is 0 Å². The van der Waals surface area contributed by atoms with Gasteiger partial charge in [0.25, 0.3) is 0 Å². The summed E-state index contributed by atoms with van der Waals surface area (Å²) < 4.78 is 4.66. The summed E-state index contributed by atoms with van der Waals surface area (Å²) in [6.07, 6.45) is 1.13. The Bertz CT molecular complexity index is 767. The van der Waals surface area contributed by atoms with Crippen molar-refractivity contribution < 1.29 is 14.3 Å². The van der Waals surface area contributed by atoms with E-state index in [9.17, 15) is 9.59 Å². The van der Waals surface area contributed by atoms with E-state index >= 15 is 0 Å². The lowest BCUT2D eigenvalue weighted by Crippen LogP contribution is -2.40. The molecular formula is C21H23NO3. The zero-order chi connectivity index (χ0) is 17.8. The van der Waals surface area contributed by atoms with Crippen LogP contribution in [0.2, 0.25) is 0 Å². The highest BCUT2D eigenvalue weighted by molar-refractivity contribution is 5.82. The summed E-state index contributed by atoms with van der Waals surface area (Å²) in [5, 5.41) is 0. The Morgan fingerprint density at radius 3 is 2.52 bits per heavy atom. The highest BCUT2D eigenvalue weighted by Crippen LogP contribution is 2.35. The summed E-state index contributed by atoms with van der Waals surface area (Å²) in [5.74, 6) is -0.358. The number of benzene rings is 2. The molecule has 2 aromatic carbocycles. The lowest BCUT2D eigenvalue weighted by molar-refractivity contribution is -0.144. The van der Waals surface area contributed by atoms with Gasteiger partial charge in [-0.1, -0.05) is 54.1 Å². The van der Waals surface area contributed by atoms with Gasteiger partial charge in [-0.3, -0.25) is 9.59 Å². The van der Waals surface area contributed by atoms with E-state index in [-0.39, 0.29) is 30.8 Å². The Balaban J connectivity index is 1.92. The number of fused-ring (bicyclic) bond motifs is 1. The van der Waals surface area contributed by atoms with Crippen molar-refractivity contribution >= 4 is 11.9 Å². The van der Waals surface area contributed by atoms with E-state index < -0.39 is 0 Å². The Kier molecular flexibility index (Phi) is 5.17. The fourth-order valence-corrected chi connectivity index (χ4v) is 3.40. The van der Waals surface area contributed by atoms with Gasteiger partial charge in [-0.05, 0) is 30.0 Å². The third-order valence-corrected chi connectivity index (χ3v) is 4.77. The number of rotatable bonds is 4. The van der Waals surface area contributed by atoms with Crippen molar-refractivity contribution in [1.29, 1.82) is 0 Å². The van der Waals surface area contributed by atoms with Crippen LogP contribution < -0.4 is 0 Å². The lowest BCUT2D eigenvalue weighted by atomic mass is 9.87. The molecule has 4 heteroatoms. The molecular weight excluding hydrogens is 314 g/mol. The topological polar surface area (TPSA) is 46.6 Å². The first-order valence-corrected chi connectivity index (χ1v) is 8.61. The highest BCUT2D eigenvalue weighted by Gasteiger charge is 2.31. The van der Waals surface area contributed by atoms with Crippen LogP contribution in [0, 0.1) is 6.92 Å². The number of carbonyl (C=O) groups excluding carboxylic acids is 2. The molecule has 130 valence electrons. The van der Waals surface area contributed by atoms with Gasteiger partial charge in [-0.2, -0.15) is 0 Å². The van der Waals surface area contributed by atoms with Gasteiger partial charge in [0.15, 0.2) is 0 Å². The quantitative estimate of drug-likeness (QED) is 0.803. The fourth-order valence-electron chi connectivity index (χ4n) is 3.40. The molecule has 4 nitrogen and oxygen atoms in total. The monoisotopic (exact) mass is 337 g/mol. The zero-order valence-electron chi connectivity index (χ0n) is 14.7. The number of methoxy groups -OCH3 is 1. The number of nitrogens with zero attached hydrogens (tertiary/aromatic N) is 1. The Labute approximate surface area is 148 Å². The average Bonchev–Trinajstić information content (AvgIpc) is 2.65. The molecule has 0 spiro atoms. The molecule has 0 aliphatic carbocycles. The standard InChI is InChI=1S/C21H23NO3/c1-15-7-9-17(10-8-15)21-18-6-4-3-5-16(18)13-14-22(21)19(23)11-12-20(24)25-2/h3-10,21H,11-14H2,1-2H3. The third kappa shape index (κ3) is 3.73. The summed E-state index contributed by atoms with van der Waals surface area (Å²) in [7, 11) is 1.35. The van der Waals surface area contributed by atoms with Crippen LogP contribution in [-0.2, 0) is 20.7 Å². The smallest absolute Gasteiger partial charge is 0.306 e. The van der Waals surface area contributed by atoms with Crippen molar-refractivity contribution in [3.8, 4) is 0 Å². The molecule has 1 aliphatic heterocycles. The molecule has 0 fully saturated rings. The van der Waals surface area contributed by atoms with Crippen molar-refractivity contribution in [3.63, 3.8) is 0 Å². The third-order valence-electron chi connectivity index (χ3n) is 4.77. The maximum absolute atomic E-state index is 12.8. The first-order chi connectivity index (χ1) is 12.1. The molecule has 0 saturated carbocycles. The Hall–Kier alpha value is -2.62. The maximum Gasteiger partial charge on any atom is 0.306 e. The fraction of sp³-hybridized carbons (Fsp3) is 0.333. The molecule has 0 aromatic heterocycles. The Morgan fingerprint density at radius 1 is 1.08 bits per heavy atom. The minimum Gasteiger partial charge on any atom is -0.469 e. The highest BCUT2D eigenvalue weighted by atomic mass is 16.5. The minimum atomic E-state index is -0.349. The second kappa shape index (κ2) is 7.51. The average molecular weight is 337 g/mol. The normalized spacial score (nSPS) is 16.2. The van der Waals surface area contributed by atoms with E-state index in [0.29, 0.717) is 6.54 Å². The van der Waals surface area contributed by atoms with Gasteiger partial charge in [0.05, 0.1) is 19.6 Å². The van der Waals surface area contributed by atoms with Crippen LogP contribution in [0.5, 0.6) is 0 Å². The van der Waals surface area contributed by atoms with Gasteiger partial charge in [0, 0.05) is 13.0 Å². The van der Waals surface area contributed by atoms with Crippen LogP contribution in [0.3, 0.4) is 0 Å². The molecule has 25 heavy (non-hydrogen) atoms. The summed E-state index contributed by atoms with van der Waals surface area (Å²) in [6.45, 7) is 2.72. The van der Waals surface area contributed by atoms with E-state index in [1.807, 2.05) is 17.0 Å². The number of aryl methyl sites for hydroxylation is 1. The van der Waals surface area contributed by atoms with E-state index in [2.05, 4.69) is 48.1 Å². The number of carbonyl (C=O) groups is 2. The molecule has 1 amide bonds. The summed E-state index contributed by atoms with van der Waals surface area (Å²) >= 11 is 0. The molecule has 1 heterocycles. The number of ether oxygens (including phenoxy) is 1. The molecule has 1 unspecified atom stereocenters. The van der Waals surface area contributed by atoms with E-state index in [1.54, 1.807) is 0 Å². The first-order valence-electron chi connectivity index (χ1n) is 8.61. The van der Waals surface area contributed by atoms with Crippen LogP contribution in [0.4, 0.5) is 0 Å². The molecule has 0 bridgehead atoms. The number of esters is 1. The van der Waals surface area contributed by atoms with Crippen LogP contribution >= 0.6 is 0 Å². The van der Waals surface area contributed by atoms with Gasteiger partial charge in [-0.25, -0.2) is 0 Å². The van der Waals surface area contributed by atoms with Crippen molar-refractivity contribution in [2.75, 3.05) is 13.7 Å². The first kappa shape index (κ1) is 17.2. The molecule has 0 saturated heterocycles. The molecule has 0 radical (unpaired) electrons. The predicted molar refractivity (Wildman–Crippen MR) is 96.1 cm³/mol. The van der Waals surface area contributed by atoms with Crippen molar-refractivity contribution in [1.82, 2.24) is 4.90 Å². The van der Waals surface area contributed by atoms with Crippen LogP contribution in [0.1, 0.15) is 41.1 Å². The van der Waals surface area contributed by atoms with Gasteiger partial charge in [0.1, 0.15) is 0 Å². The van der Waals surface area contributed by atoms with E-state index in [4.69, 9.17) is 0 Å². The van der Waals surface area contributed by atoms with Gasteiger partial charge < -0.3 is 9.64 Å². The summed E-state index contributed by atoms with van der Waals surface area (Å²) in [6, 6.07) is 16.5. The van der Waals surface area contributed by atoms with E-state index in [1.165, 1.54) is 23.8 Å². The second-order valence-corrected chi connectivity index (χ2v) is 6.43. The number of amides is 1. The Morgan fingerprint density at radius 2 is 1.80 bits per heavy atom. The molecule has 1 aliphatic rings. The SMILES string of the molecule is COC(=O)CCC(=O)N1CCc2ccccc2C1c1ccc(C)cc1. The molecule has 2 aromatic rings. The van der Waals surface area contributed by atoms with Crippen molar-refractivity contribution in [3.05, 3.63) is 70.8 Å². The predicted octanol–water partition coefficient (Wildman–Crippen LogP) is 3.42. The van der Waals surface area contributed by atoms with Crippen LogP contribution in [-0.4, -0.2) is 30.4 Å². The van der Waals surface area contributed by atoms with E-state index in [0.717, 1.165) is 12.0 Å². The van der Waals surface area contributed by atoms with Gasteiger partial charge in [0.2, 0.25) is 5.91 Å². The van der Waals surface area contributed by atoms with Crippen LogP contribution in [0.15, 0.2) is 48.5 Å². The van der Waals surface area contributed by atoms with Gasteiger partial charge in [-0.15, -0.1) is 0 Å². The molecule has 1 atom stereocenters. The second-order valence-electron chi connectivity index (χ2n) is 6.43. The molecule has 3 rings (SSSR count). The zero-order valence-corrected chi connectivity index (χ0v) is 14.7. The number of hydrogen-bond donors (Lipinski definition) is 0. The van der Waals surface area contributed by atoms with Crippen molar-refractivity contribution in [2.45, 2.75) is 32.2 Å². The maximum atomic E-state index is 12.8. The van der Waals surface area contributed by atoms with Gasteiger partial charge >= 0.3 is 5.97 Å². The summed E-state index contributed by atoms with van der Waals surface area (Å²) in [4.78, 5) is 26.1. The van der Waals surface area contributed by atoms with Crippen LogP contribution in [0.25, 0.3) is 0 Å². The minimum absolute atomic E-state index is 0.00882. The number of hydrogen-bond acceptors (Lipinski definition) is 3. The molecule has 0 N–H and O–H groups in total.